The summed E-state index contributed by atoms with van der Waals surface area (Å²) in [5, 5.41) is 3.58. The van der Waals surface area contributed by atoms with Crippen molar-refractivity contribution in [2.24, 2.45) is 0 Å². The minimum Gasteiger partial charge on any atom is -0.308 e. The number of rotatable bonds is 8. The predicted molar refractivity (Wildman–Crippen MR) is 61.0 cm³/mol. The smallest absolute Gasteiger partial charge is 0.0221 e. The minimum absolute atomic E-state index is 0.452. The average Bonchev–Trinajstić information content (AvgIpc) is 2.14. The molecule has 0 saturated heterocycles. The molecule has 0 amide bonds. The van der Waals surface area contributed by atoms with Crippen LogP contribution >= 0.6 is 0 Å². The van der Waals surface area contributed by atoms with Crippen LogP contribution in [0, 0.1) is 0 Å². The monoisotopic (exact) mass is 183 g/mol. The molecule has 1 nitrogen and oxygen atoms in total. The third-order valence-corrected chi connectivity index (χ3v) is 2.40. The Hall–Kier alpha value is -0.300. The number of hydrogen-bond donors (Lipinski definition) is 1. The summed E-state index contributed by atoms with van der Waals surface area (Å²) >= 11 is 0. The Kier molecular flexibility index (Phi) is 8.11. The van der Waals surface area contributed by atoms with Gasteiger partial charge in [-0.3, -0.25) is 0 Å². The summed E-state index contributed by atoms with van der Waals surface area (Å²) in [6.45, 7) is 10.5. The third kappa shape index (κ3) is 6.83. The van der Waals surface area contributed by atoms with Crippen LogP contribution < -0.4 is 5.32 Å². The van der Waals surface area contributed by atoms with E-state index in [9.17, 15) is 0 Å². The summed E-state index contributed by atoms with van der Waals surface area (Å²) in [5.41, 5.74) is 0. The second-order valence-corrected chi connectivity index (χ2v) is 3.82. The van der Waals surface area contributed by atoms with E-state index in [1.54, 1.807) is 0 Å². The van der Waals surface area contributed by atoms with Gasteiger partial charge < -0.3 is 5.32 Å². The highest BCUT2D eigenvalue weighted by molar-refractivity contribution is 4.84. The van der Waals surface area contributed by atoms with Crippen LogP contribution in [0.3, 0.4) is 0 Å². The van der Waals surface area contributed by atoms with E-state index in [1.807, 2.05) is 6.08 Å². The van der Waals surface area contributed by atoms with Gasteiger partial charge in [0.2, 0.25) is 0 Å². The lowest BCUT2D eigenvalue weighted by Gasteiger charge is -2.20. The van der Waals surface area contributed by atoms with Gasteiger partial charge in [-0.2, -0.15) is 0 Å². The Labute approximate surface area is 83.6 Å². The first kappa shape index (κ1) is 12.7. The Balaban J connectivity index is 3.71. The van der Waals surface area contributed by atoms with E-state index in [-0.39, 0.29) is 0 Å². The van der Waals surface area contributed by atoms with Crippen LogP contribution in [0.5, 0.6) is 0 Å². The summed E-state index contributed by atoms with van der Waals surface area (Å²) in [6.07, 6.45) is 8.48. The zero-order valence-electron chi connectivity index (χ0n) is 9.47. The molecule has 0 aromatic rings. The van der Waals surface area contributed by atoms with Crippen LogP contribution in [-0.4, -0.2) is 12.1 Å². The highest BCUT2D eigenvalue weighted by Crippen LogP contribution is 2.07. The Morgan fingerprint density at radius 3 is 2.38 bits per heavy atom. The summed E-state index contributed by atoms with van der Waals surface area (Å²) in [6, 6.07) is 1.14. The van der Waals surface area contributed by atoms with Crippen LogP contribution in [-0.2, 0) is 0 Å². The summed E-state index contributed by atoms with van der Waals surface area (Å²) < 4.78 is 0. The number of nitrogens with one attached hydrogen (secondary N) is 1. The normalized spacial score (nSPS) is 15.3. The second-order valence-electron chi connectivity index (χ2n) is 3.82. The number of unbranched alkanes of at least 4 members (excludes halogenated alkanes) is 1. The van der Waals surface area contributed by atoms with E-state index < -0.39 is 0 Å². The van der Waals surface area contributed by atoms with Crippen LogP contribution in [0.2, 0.25) is 0 Å². The summed E-state index contributed by atoms with van der Waals surface area (Å²) in [7, 11) is 0. The lowest BCUT2D eigenvalue weighted by atomic mass is 10.0. The lowest BCUT2D eigenvalue weighted by molar-refractivity contribution is 0.418. The molecule has 0 rings (SSSR count). The van der Waals surface area contributed by atoms with Gasteiger partial charge in [0, 0.05) is 12.1 Å². The molecule has 0 aliphatic heterocycles. The molecular weight excluding hydrogens is 158 g/mol. The maximum Gasteiger partial charge on any atom is 0.0221 e. The molecule has 2 atom stereocenters. The van der Waals surface area contributed by atoms with E-state index in [1.165, 1.54) is 32.1 Å². The van der Waals surface area contributed by atoms with E-state index in [0.717, 1.165) is 0 Å². The van der Waals surface area contributed by atoms with Gasteiger partial charge in [-0.1, -0.05) is 39.2 Å². The van der Waals surface area contributed by atoms with E-state index >= 15 is 0 Å². The molecule has 0 spiro atoms. The minimum atomic E-state index is 0.452. The second kappa shape index (κ2) is 8.31. The quantitative estimate of drug-likeness (QED) is 0.568. The fourth-order valence-electron chi connectivity index (χ4n) is 1.55. The first-order valence-corrected chi connectivity index (χ1v) is 5.63. The van der Waals surface area contributed by atoms with Gasteiger partial charge in [0.25, 0.3) is 0 Å². The van der Waals surface area contributed by atoms with Crippen LogP contribution in [0.4, 0.5) is 0 Å². The van der Waals surface area contributed by atoms with Crippen LogP contribution in [0.25, 0.3) is 0 Å². The van der Waals surface area contributed by atoms with Crippen molar-refractivity contribution < 1.29 is 0 Å². The first-order chi connectivity index (χ1) is 6.24. The van der Waals surface area contributed by atoms with Crippen molar-refractivity contribution in [1.82, 2.24) is 5.32 Å². The van der Waals surface area contributed by atoms with Gasteiger partial charge >= 0.3 is 0 Å². The largest absolute Gasteiger partial charge is 0.308 e. The predicted octanol–water partition coefficient (Wildman–Crippen LogP) is 3.51. The highest BCUT2D eigenvalue weighted by Gasteiger charge is 2.07. The van der Waals surface area contributed by atoms with Crippen molar-refractivity contribution in [3.05, 3.63) is 12.7 Å². The van der Waals surface area contributed by atoms with Gasteiger partial charge in [0.05, 0.1) is 0 Å². The average molecular weight is 183 g/mol. The van der Waals surface area contributed by atoms with Crippen molar-refractivity contribution >= 4 is 0 Å². The molecule has 0 aromatic heterocycles. The molecule has 0 fully saturated rings. The van der Waals surface area contributed by atoms with Gasteiger partial charge in [0.1, 0.15) is 0 Å². The van der Waals surface area contributed by atoms with E-state index in [0.29, 0.717) is 12.1 Å². The zero-order chi connectivity index (χ0) is 10.1. The van der Waals surface area contributed by atoms with Crippen molar-refractivity contribution in [1.29, 1.82) is 0 Å². The summed E-state index contributed by atoms with van der Waals surface area (Å²) in [4.78, 5) is 0. The molecule has 2 unspecified atom stereocenters. The highest BCUT2D eigenvalue weighted by atomic mass is 14.9. The molecule has 78 valence electrons. The lowest BCUT2D eigenvalue weighted by Crippen LogP contribution is -2.35. The number of hydrogen-bond acceptors (Lipinski definition) is 1. The molecule has 0 aromatic carbocycles. The van der Waals surface area contributed by atoms with E-state index in [4.69, 9.17) is 0 Å². The van der Waals surface area contributed by atoms with Crippen molar-refractivity contribution in [2.75, 3.05) is 0 Å². The van der Waals surface area contributed by atoms with Crippen molar-refractivity contribution in [2.45, 2.75) is 65.0 Å². The van der Waals surface area contributed by atoms with Crippen molar-refractivity contribution in [3.8, 4) is 0 Å². The maximum absolute atomic E-state index is 3.79. The van der Waals surface area contributed by atoms with Gasteiger partial charge in [0.15, 0.2) is 0 Å². The van der Waals surface area contributed by atoms with Gasteiger partial charge in [-0.15, -0.1) is 6.58 Å². The Morgan fingerprint density at radius 2 is 1.92 bits per heavy atom. The van der Waals surface area contributed by atoms with Crippen LogP contribution in [0.15, 0.2) is 12.7 Å². The molecule has 0 saturated carbocycles. The first-order valence-electron chi connectivity index (χ1n) is 5.63. The topological polar surface area (TPSA) is 12.0 Å². The van der Waals surface area contributed by atoms with Crippen molar-refractivity contribution in [3.63, 3.8) is 0 Å². The fraction of sp³-hybridized carbons (Fsp3) is 0.833. The molecule has 1 heteroatoms. The Morgan fingerprint density at radius 1 is 1.23 bits per heavy atom. The molecule has 0 aliphatic rings. The molecule has 0 aliphatic carbocycles. The van der Waals surface area contributed by atoms with Crippen LogP contribution in [0.1, 0.15) is 52.9 Å². The molecule has 0 bridgehead atoms. The van der Waals surface area contributed by atoms with Gasteiger partial charge in [-0.05, 0) is 19.8 Å². The molecular formula is C12H25N. The Bertz CT molecular complexity index is 120. The maximum atomic E-state index is 3.79. The third-order valence-electron chi connectivity index (χ3n) is 2.40. The molecule has 0 heterocycles. The zero-order valence-corrected chi connectivity index (χ0v) is 9.47. The molecule has 13 heavy (non-hydrogen) atoms. The van der Waals surface area contributed by atoms with Gasteiger partial charge in [-0.25, -0.2) is 0 Å². The standard InChI is InChI=1S/C12H25N/c1-5-8-10-12(9-6-2)13-11(4)7-3/h7,11-13H,3,5-6,8-10H2,1-2,4H3. The fourth-order valence-corrected chi connectivity index (χ4v) is 1.55. The van der Waals surface area contributed by atoms with E-state index in [2.05, 4.69) is 32.7 Å². The molecule has 1 N–H and O–H groups in total. The SMILES string of the molecule is C=CC(C)NC(CCC)CCCC. The molecule has 0 radical (unpaired) electrons. The summed E-state index contributed by atoms with van der Waals surface area (Å²) in [5.74, 6) is 0.